The zero-order chi connectivity index (χ0) is 15.1. The van der Waals surface area contributed by atoms with Crippen LogP contribution >= 0.6 is 15.9 Å². The molecular formula is C16H13BrN4O. The van der Waals surface area contributed by atoms with E-state index in [9.17, 15) is 4.79 Å². The quantitative estimate of drug-likeness (QED) is 0.784. The van der Waals surface area contributed by atoms with E-state index in [0.29, 0.717) is 17.3 Å². The van der Waals surface area contributed by atoms with Crippen molar-refractivity contribution in [3.8, 4) is 11.4 Å². The summed E-state index contributed by atoms with van der Waals surface area (Å²) in [6, 6.07) is 11.8. The van der Waals surface area contributed by atoms with Crippen molar-refractivity contribution in [3.05, 3.63) is 52.6 Å². The Morgan fingerprint density at radius 1 is 1.23 bits per heavy atom. The van der Waals surface area contributed by atoms with Gasteiger partial charge in [-0.25, -0.2) is 0 Å². The van der Waals surface area contributed by atoms with E-state index < -0.39 is 0 Å². The molecule has 0 spiro atoms. The number of halogens is 1. The van der Waals surface area contributed by atoms with Gasteiger partial charge in [0.15, 0.2) is 11.5 Å². The summed E-state index contributed by atoms with van der Waals surface area (Å²) in [5.41, 5.74) is 2.24. The molecule has 2 heterocycles. The minimum Gasteiger partial charge on any atom is -0.349 e. The molecular weight excluding hydrogens is 344 g/mol. The number of carbonyl (C=O) groups excluding carboxylic acids is 1. The van der Waals surface area contributed by atoms with Gasteiger partial charge in [0, 0.05) is 27.8 Å². The monoisotopic (exact) mass is 356 g/mol. The highest BCUT2D eigenvalue weighted by molar-refractivity contribution is 9.10. The molecule has 3 aromatic rings. The third-order valence-electron chi connectivity index (χ3n) is 3.70. The maximum absolute atomic E-state index is 12.1. The van der Waals surface area contributed by atoms with Crippen LogP contribution in [0.3, 0.4) is 0 Å². The average Bonchev–Trinajstić information content (AvgIpc) is 3.24. The minimum absolute atomic E-state index is 0.0459. The molecule has 0 bridgehead atoms. The summed E-state index contributed by atoms with van der Waals surface area (Å²) in [5.74, 6) is 0.701. The predicted molar refractivity (Wildman–Crippen MR) is 86.6 cm³/mol. The smallest absolute Gasteiger partial charge is 0.251 e. The molecule has 6 heteroatoms. The molecule has 0 unspecified atom stereocenters. The first-order valence-electron chi connectivity index (χ1n) is 7.13. The lowest BCUT2D eigenvalue weighted by Gasteiger charge is -2.05. The molecule has 0 radical (unpaired) electrons. The van der Waals surface area contributed by atoms with Crippen LogP contribution in [0, 0.1) is 0 Å². The second-order valence-corrected chi connectivity index (χ2v) is 6.25. The van der Waals surface area contributed by atoms with Crippen LogP contribution in [-0.4, -0.2) is 26.5 Å². The lowest BCUT2D eigenvalue weighted by molar-refractivity contribution is 0.0951. The van der Waals surface area contributed by atoms with Crippen molar-refractivity contribution < 1.29 is 4.79 Å². The summed E-state index contributed by atoms with van der Waals surface area (Å²) >= 11 is 3.53. The number of rotatable bonds is 3. The number of hydrogen-bond acceptors (Lipinski definition) is 3. The van der Waals surface area contributed by atoms with E-state index in [1.165, 1.54) is 0 Å². The molecule has 0 aliphatic heterocycles. The maximum atomic E-state index is 12.1. The lowest BCUT2D eigenvalue weighted by Crippen LogP contribution is -2.25. The third kappa shape index (κ3) is 2.39. The molecule has 22 heavy (non-hydrogen) atoms. The summed E-state index contributed by atoms with van der Waals surface area (Å²) in [7, 11) is 0. The first kappa shape index (κ1) is 13.5. The first-order valence-corrected chi connectivity index (χ1v) is 7.92. The minimum atomic E-state index is -0.0459. The largest absolute Gasteiger partial charge is 0.349 e. The molecule has 4 rings (SSSR count). The standard InChI is InChI=1S/C16H13BrN4O/c17-13-4-2-1-3-12(13)15-20-19-14-9-10(7-8-21(14)15)16(22)18-11-5-6-11/h1-4,7-9,11H,5-6H2,(H,18,22). The van der Waals surface area contributed by atoms with Gasteiger partial charge in [-0.2, -0.15) is 0 Å². The summed E-state index contributed by atoms with van der Waals surface area (Å²) in [5, 5.41) is 11.4. The summed E-state index contributed by atoms with van der Waals surface area (Å²) in [4.78, 5) is 12.1. The third-order valence-corrected chi connectivity index (χ3v) is 4.39. The van der Waals surface area contributed by atoms with E-state index in [4.69, 9.17) is 0 Å². The number of amides is 1. The Morgan fingerprint density at radius 3 is 2.82 bits per heavy atom. The number of hydrogen-bond donors (Lipinski definition) is 1. The predicted octanol–water partition coefficient (Wildman–Crippen LogP) is 3.05. The van der Waals surface area contributed by atoms with Crippen LogP contribution in [0.2, 0.25) is 0 Å². The van der Waals surface area contributed by atoms with Gasteiger partial charge in [0.2, 0.25) is 0 Å². The van der Waals surface area contributed by atoms with E-state index in [0.717, 1.165) is 28.7 Å². The van der Waals surface area contributed by atoms with Crippen LogP contribution in [0.1, 0.15) is 23.2 Å². The second kappa shape index (κ2) is 5.21. The van der Waals surface area contributed by atoms with E-state index in [-0.39, 0.29) is 5.91 Å². The molecule has 1 amide bonds. The average molecular weight is 357 g/mol. The van der Waals surface area contributed by atoms with Crippen LogP contribution in [0.25, 0.3) is 17.0 Å². The van der Waals surface area contributed by atoms with Gasteiger partial charge in [-0.15, -0.1) is 10.2 Å². The van der Waals surface area contributed by atoms with Crippen molar-refractivity contribution >= 4 is 27.5 Å². The van der Waals surface area contributed by atoms with Gasteiger partial charge in [0.25, 0.3) is 5.91 Å². The Morgan fingerprint density at radius 2 is 2.05 bits per heavy atom. The highest BCUT2D eigenvalue weighted by Gasteiger charge is 2.24. The zero-order valence-electron chi connectivity index (χ0n) is 11.7. The number of fused-ring (bicyclic) bond motifs is 1. The normalized spacial score (nSPS) is 14.2. The van der Waals surface area contributed by atoms with E-state index in [2.05, 4.69) is 31.4 Å². The molecule has 1 N–H and O–H groups in total. The molecule has 1 aliphatic rings. The van der Waals surface area contributed by atoms with Gasteiger partial charge in [0.05, 0.1) is 0 Å². The molecule has 2 aromatic heterocycles. The lowest BCUT2D eigenvalue weighted by atomic mass is 10.2. The first-order chi connectivity index (χ1) is 10.7. The van der Waals surface area contributed by atoms with Crippen molar-refractivity contribution in [1.29, 1.82) is 0 Å². The molecule has 0 saturated heterocycles. The SMILES string of the molecule is O=C(NC1CC1)c1ccn2c(-c3ccccc3Br)nnc2c1. The Bertz CT molecular complexity index is 869. The summed E-state index contributed by atoms with van der Waals surface area (Å²) in [6.45, 7) is 0. The van der Waals surface area contributed by atoms with Crippen molar-refractivity contribution in [2.45, 2.75) is 18.9 Å². The van der Waals surface area contributed by atoms with Gasteiger partial charge < -0.3 is 5.32 Å². The van der Waals surface area contributed by atoms with Gasteiger partial charge in [-0.1, -0.05) is 34.1 Å². The molecule has 1 saturated carbocycles. The number of benzene rings is 1. The Hall–Kier alpha value is -2.21. The topological polar surface area (TPSA) is 59.3 Å². The maximum Gasteiger partial charge on any atom is 0.251 e. The van der Waals surface area contributed by atoms with Gasteiger partial charge in [-0.05, 0) is 31.0 Å². The molecule has 1 aliphatic carbocycles. The molecule has 5 nitrogen and oxygen atoms in total. The molecule has 110 valence electrons. The van der Waals surface area contributed by atoms with Crippen molar-refractivity contribution in [2.24, 2.45) is 0 Å². The van der Waals surface area contributed by atoms with E-state index in [1.54, 1.807) is 12.1 Å². The van der Waals surface area contributed by atoms with Crippen LogP contribution in [0.5, 0.6) is 0 Å². The zero-order valence-corrected chi connectivity index (χ0v) is 13.2. The Kier molecular flexibility index (Phi) is 3.18. The highest BCUT2D eigenvalue weighted by Crippen LogP contribution is 2.27. The molecule has 1 fully saturated rings. The van der Waals surface area contributed by atoms with Crippen molar-refractivity contribution in [1.82, 2.24) is 19.9 Å². The molecule has 0 atom stereocenters. The number of nitrogens with zero attached hydrogens (tertiary/aromatic N) is 3. The fourth-order valence-corrected chi connectivity index (χ4v) is 2.82. The number of nitrogens with one attached hydrogen (secondary N) is 1. The number of aromatic nitrogens is 3. The number of carbonyl (C=O) groups is 1. The van der Waals surface area contributed by atoms with Gasteiger partial charge in [0.1, 0.15) is 0 Å². The van der Waals surface area contributed by atoms with E-state index >= 15 is 0 Å². The highest BCUT2D eigenvalue weighted by atomic mass is 79.9. The summed E-state index contributed by atoms with van der Waals surface area (Å²) in [6.07, 6.45) is 3.99. The van der Waals surface area contributed by atoms with Gasteiger partial charge in [-0.3, -0.25) is 9.20 Å². The fraction of sp³-hybridized carbons (Fsp3) is 0.188. The van der Waals surface area contributed by atoms with Crippen molar-refractivity contribution in [3.63, 3.8) is 0 Å². The fourth-order valence-electron chi connectivity index (χ4n) is 2.35. The molecule has 1 aromatic carbocycles. The number of pyridine rings is 1. The van der Waals surface area contributed by atoms with Crippen LogP contribution in [0.4, 0.5) is 0 Å². The van der Waals surface area contributed by atoms with E-state index in [1.807, 2.05) is 34.9 Å². The van der Waals surface area contributed by atoms with Crippen LogP contribution < -0.4 is 5.32 Å². The van der Waals surface area contributed by atoms with Crippen LogP contribution in [-0.2, 0) is 0 Å². The Labute approximate surface area is 135 Å². The Balaban J connectivity index is 1.74. The van der Waals surface area contributed by atoms with Gasteiger partial charge >= 0.3 is 0 Å². The van der Waals surface area contributed by atoms with Crippen molar-refractivity contribution in [2.75, 3.05) is 0 Å². The second-order valence-electron chi connectivity index (χ2n) is 5.39. The van der Waals surface area contributed by atoms with Crippen LogP contribution in [0.15, 0.2) is 47.1 Å². The summed E-state index contributed by atoms with van der Waals surface area (Å²) < 4.78 is 2.84.